The van der Waals surface area contributed by atoms with Crippen LogP contribution in [0.4, 0.5) is 5.69 Å². The zero-order valence-corrected chi connectivity index (χ0v) is 16.6. The van der Waals surface area contributed by atoms with Crippen molar-refractivity contribution < 1.29 is 24.2 Å². The van der Waals surface area contributed by atoms with E-state index < -0.39 is 11.9 Å². The maximum Gasteiger partial charge on any atom is 0.339 e. The molecule has 4 N–H and O–H groups in total. The summed E-state index contributed by atoms with van der Waals surface area (Å²) in [7, 11) is 0. The summed E-state index contributed by atoms with van der Waals surface area (Å²) in [4.78, 5) is 23.6. The Hall–Kier alpha value is -3.36. The fourth-order valence-corrected chi connectivity index (χ4v) is 2.91. The average Bonchev–Trinajstić information content (AvgIpc) is 3.15. The van der Waals surface area contributed by atoms with Crippen LogP contribution in [-0.4, -0.2) is 27.2 Å². The first-order chi connectivity index (χ1) is 13.7. The molecule has 2 aromatic carbocycles. The first kappa shape index (κ1) is 20.4. The van der Waals surface area contributed by atoms with Crippen molar-refractivity contribution in [1.29, 1.82) is 0 Å². The van der Waals surface area contributed by atoms with Gasteiger partial charge in [0.05, 0.1) is 0 Å². The second-order valence-corrected chi connectivity index (χ2v) is 6.92. The molecule has 3 aromatic rings. The number of thiocarbonyl (C=S) groups is 1. The number of carbonyl (C=O) groups is 2. The number of hydrogen-bond acceptors (Lipinski definition) is 5. The van der Waals surface area contributed by atoms with E-state index in [1.54, 1.807) is 37.3 Å². The number of hydrogen-bond donors (Lipinski definition) is 4. The largest absolute Gasteiger partial charge is 0.507 e. The monoisotopic (exact) mass is 430 g/mol. The highest BCUT2D eigenvalue weighted by molar-refractivity contribution is 7.80. The molecule has 0 saturated carbocycles. The number of rotatable bonds is 4. The summed E-state index contributed by atoms with van der Waals surface area (Å²) in [6.07, 6.45) is 0. The number of benzene rings is 2. The quantitative estimate of drug-likeness (QED) is 0.357. The number of halogens is 1. The minimum Gasteiger partial charge on any atom is -0.507 e. The molecule has 148 valence electrons. The second-order valence-electron chi connectivity index (χ2n) is 6.07. The topological polar surface area (TPSA) is 112 Å². The molecule has 0 aliphatic rings. The number of phenols is 1. The van der Waals surface area contributed by atoms with Gasteiger partial charge in [-0.3, -0.25) is 10.1 Å². The first-order valence-electron chi connectivity index (χ1n) is 8.29. The van der Waals surface area contributed by atoms with Gasteiger partial charge in [-0.15, -0.1) is 0 Å². The Morgan fingerprint density at radius 1 is 1.10 bits per heavy atom. The summed E-state index contributed by atoms with van der Waals surface area (Å²) in [5.74, 6) is -1.65. The molecule has 3 rings (SSSR count). The number of aromatic carboxylic acids is 1. The van der Waals surface area contributed by atoms with Crippen LogP contribution in [0.5, 0.6) is 5.75 Å². The van der Waals surface area contributed by atoms with Gasteiger partial charge in [-0.1, -0.05) is 11.6 Å². The average molecular weight is 431 g/mol. The van der Waals surface area contributed by atoms with Crippen LogP contribution in [0, 0.1) is 6.92 Å². The van der Waals surface area contributed by atoms with Gasteiger partial charge in [0, 0.05) is 16.3 Å². The summed E-state index contributed by atoms with van der Waals surface area (Å²) in [5, 5.41) is 24.7. The summed E-state index contributed by atoms with van der Waals surface area (Å²) >= 11 is 11.0. The molecule has 29 heavy (non-hydrogen) atoms. The van der Waals surface area contributed by atoms with Gasteiger partial charge in [-0.2, -0.15) is 0 Å². The number of carboxylic acids is 1. The van der Waals surface area contributed by atoms with E-state index in [4.69, 9.17) is 33.3 Å². The molecule has 0 bridgehead atoms. The maximum absolute atomic E-state index is 12.4. The highest BCUT2D eigenvalue weighted by Crippen LogP contribution is 2.27. The Kier molecular flexibility index (Phi) is 5.86. The number of anilines is 1. The van der Waals surface area contributed by atoms with Gasteiger partial charge in [0.15, 0.2) is 10.9 Å². The number of aryl methyl sites for hydroxylation is 1. The number of carboxylic acid groups (broad SMARTS) is 1. The van der Waals surface area contributed by atoms with E-state index in [1.807, 2.05) is 0 Å². The Morgan fingerprint density at radius 3 is 2.45 bits per heavy atom. The molecule has 1 heterocycles. The molecule has 0 unspecified atom stereocenters. The number of carbonyl (C=O) groups excluding carboxylic acids is 1. The van der Waals surface area contributed by atoms with Crippen molar-refractivity contribution in [3.8, 4) is 17.1 Å². The Bertz CT molecular complexity index is 1110. The SMILES string of the molecule is Cc1cc(NC(=S)NC(=O)c2ccc(-c3ccc(Cl)cc3)o2)cc(C(=O)O)c1O. The van der Waals surface area contributed by atoms with Crippen molar-refractivity contribution in [3.63, 3.8) is 0 Å². The van der Waals surface area contributed by atoms with Gasteiger partial charge in [-0.05, 0) is 73.2 Å². The third-order valence-electron chi connectivity index (χ3n) is 3.97. The predicted octanol–water partition coefficient (Wildman–Crippen LogP) is 4.44. The standard InChI is InChI=1S/C20H15ClN2O5S/c1-10-8-13(9-14(17(10)24)19(26)27)22-20(29)23-18(25)16-7-6-15(28-16)11-2-4-12(21)5-3-11/h2-9,24H,1H3,(H,26,27)(H2,22,23,25,29). The lowest BCUT2D eigenvalue weighted by Crippen LogP contribution is -2.33. The molecule has 1 amide bonds. The molecular weight excluding hydrogens is 416 g/mol. The molecule has 0 aliphatic carbocycles. The van der Waals surface area contributed by atoms with Crippen LogP contribution >= 0.6 is 23.8 Å². The summed E-state index contributed by atoms with van der Waals surface area (Å²) in [6.45, 7) is 1.55. The van der Waals surface area contributed by atoms with E-state index in [0.29, 0.717) is 22.0 Å². The van der Waals surface area contributed by atoms with Crippen molar-refractivity contribution in [2.75, 3.05) is 5.32 Å². The van der Waals surface area contributed by atoms with Crippen LogP contribution < -0.4 is 10.6 Å². The number of furan rings is 1. The van der Waals surface area contributed by atoms with Gasteiger partial charge < -0.3 is 19.9 Å². The molecule has 0 saturated heterocycles. The van der Waals surface area contributed by atoms with Crippen molar-refractivity contribution in [1.82, 2.24) is 5.32 Å². The molecule has 9 heteroatoms. The van der Waals surface area contributed by atoms with Crippen molar-refractivity contribution >= 4 is 46.5 Å². The van der Waals surface area contributed by atoms with Gasteiger partial charge in [0.1, 0.15) is 17.1 Å². The Morgan fingerprint density at radius 2 is 1.79 bits per heavy atom. The van der Waals surface area contributed by atoms with Crippen molar-refractivity contribution in [3.05, 3.63) is 70.4 Å². The number of aromatic hydroxyl groups is 1. The minimum absolute atomic E-state index is 0.0483. The predicted molar refractivity (Wildman–Crippen MR) is 113 cm³/mol. The third-order valence-corrected chi connectivity index (χ3v) is 4.43. The van der Waals surface area contributed by atoms with Gasteiger partial charge >= 0.3 is 5.97 Å². The Labute approximate surface area is 175 Å². The van der Waals surface area contributed by atoms with Gasteiger partial charge in [-0.25, -0.2) is 4.79 Å². The van der Waals surface area contributed by atoms with E-state index in [0.717, 1.165) is 5.56 Å². The molecule has 0 spiro atoms. The zero-order chi connectivity index (χ0) is 21.1. The summed E-state index contributed by atoms with van der Waals surface area (Å²) in [6, 6.07) is 12.8. The summed E-state index contributed by atoms with van der Waals surface area (Å²) in [5.41, 5.74) is 1.14. The minimum atomic E-state index is -1.28. The molecule has 7 nitrogen and oxygen atoms in total. The van der Waals surface area contributed by atoms with Crippen LogP contribution in [0.3, 0.4) is 0 Å². The fourth-order valence-electron chi connectivity index (χ4n) is 2.57. The molecule has 0 atom stereocenters. The van der Waals surface area contributed by atoms with Crippen LogP contribution in [0.25, 0.3) is 11.3 Å². The van der Waals surface area contributed by atoms with Crippen molar-refractivity contribution in [2.45, 2.75) is 6.92 Å². The van der Waals surface area contributed by atoms with Crippen LogP contribution in [-0.2, 0) is 0 Å². The highest BCUT2D eigenvalue weighted by atomic mass is 35.5. The molecule has 0 fully saturated rings. The zero-order valence-electron chi connectivity index (χ0n) is 15.0. The van der Waals surface area contributed by atoms with Gasteiger partial charge in [0.2, 0.25) is 0 Å². The van der Waals surface area contributed by atoms with E-state index in [-0.39, 0.29) is 22.2 Å². The fraction of sp³-hybridized carbons (Fsp3) is 0.0500. The van der Waals surface area contributed by atoms with E-state index >= 15 is 0 Å². The second kappa shape index (κ2) is 8.34. The Balaban J connectivity index is 1.69. The maximum atomic E-state index is 12.4. The van der Waals surface area contributed by atoms with Crippen LogP contribution in [0.15, 0.2) is 52.9 Å². The van der Waals surface area contributed by atoms with E-state index in [2.05, 4.69) is 10.6 Å². The number of nitrogens with one attached hydrogen (secondary N) is 2. The molecule has 0 aliphatic heterocycles. The van der Waals surface area contributed by atoms with Crippen LogP contribution in [0.2, 0.25) is 5.02 Å². The highest BCUT2D eigenvalue weighted by Gasteiger charge is 2.16. The molecular formula is C20H15ClN2O5S. The third kappa shape index (κ3) is 4.74. The van der Waals surface area contributed by atoms with E-state index in [1.165, 1.54) is 18.2 Å². The van der Waals surface area contributed by atoms with Crippen LogP contribution in [0.1, 0.15) is 26.5 Å². The summed E-state index contributed by atoms with van der Waals surface area (Å²) < 4.78 is 5.55. The number of amides is 1. The van der Waals surface area contributed by atoms with Crippen molar-refractivity contribution in [2.24, 2.45) is 0 Å². The molecule has 1 aromatic heterocycles. The molecule has 0 radical (unpaired) electrons. The lowest BCUT2D eigenvalue weighted by atomic mass is 10.1. The van der Waals surface area contributed by atoms with E-state index in [9.17, 15) is 14.7 Å². The lowest BCUT2D eigenvalue weighted by Gasteiger charge is -2.11. The normalized spacial score (nSPS) is 10.4. The smallest absolute Gasteiger partial charge is 0.339 e. The van der Waals surface area contributed by atoms with Gasteiger partial charge in [0.25, 0.3) is 5.91 Å². The first-order valence-corrected chi connectivity index (χ1v) is 9.08. The lowest BCUT2D eigenvalue weighted by molar-refractivity contribution is 0.0693.